The minimum atomic E-state index is -0.940. The predicted octanol–water partition coefficient (Wildman–Crippen LogP) is 2.65. The Hall–Kier alpha value is -1.31. The Bertz CT molecular complexity index is 647. The van der Waals surface area contributed by atoms with Gasteiger partial charge in [0, 0.05) is 19.7 Å². The van der Waals surface area contributed by atoms with Gasteiger partial charge in [-0.2, -0.15) is 0 Å². The lowest BCUT2D eigenvalue weighted by Gasteiger charge is -2.07. The van der Waals surface area contributed by atoms with E-state index in [0.717, 1.165) is 11.8 Å². The van der Waals surface area contributed by atoms with Crippen molar-refractivity contribution in [2.24, 2.45) is 0 Å². The summed E-state index contributed by atoms with van der Waals surface area (Å²) in [6, 6.07) is 2.73. The lowest BCUT2D eigenvalue weighted by atomic mass is 10.3. The van der Waals surface area contributed by atoms with Gasteiger partial charge >= 0.3 is 5.97 Å². The largest absolute Gasteiger partial charge is 0.481 e. The smallest absolute Gasteiger partial charge is 0.313 e. The molecule has 0 saturated heterocycles. The van der Waals surface area contributed by atoms with Gasteiger partial charge in [0.2, 0.25) is 0 Å². The van der Waals surface area contributed by atoms with Gasteiger partial charge in [-0.05, 0) is 6.07 Å². The number of hydrogen-bond acceptors (Lipinski definition) is 4. The van der Waals surface area contributed by atoms with Crippen LogP contribution in [0, 0.1) is 5.82 Å². The third-order valence-electron chi connectivity index (χ3n) is 2.60. The van der Waals surface area contributed by atoms with E-state index in [9.17, 15) is 9.18 Å². The number of aromatic nitrogens is 2. The van der Waals surface area contributed by atoms with E-state index in [-0.39, 0.29) is 10.8 Å². The number of ether oxygens (including phenoxy) is 1. The molecular formula is C12H12ClFN2O3S. The number of carboxylic acids is 1. The molecule has 0 atom stereocenters. The number of thioether (sulfide) groups is 1. The fourth-order valence-electron chi connectivity index (χ4n) is 1.73. The lowest BCUT2D eigenvalue weighted by molar-refractivity contribution is -0.133. The third-order valence-corrected chi connectivity index (χ3v) is 3.85. The van der Waals surface area contributed by atoms with Crippen molar-refractivity contribution in [1.82, 2.24) is 9.55 Å². The van der Waals surface area contributed by atoms with Crippen molar-refractivity contribution in [3.63, 3.8) is 0 Å². The fraction of sp³-hybridized carbons (Fsp3) is 0.333. The highest BCUT2D eigenvalue weighted by Gasteiger charge is 2.15. The van der Waals surface area contributed by atoms with Gasteiger partial charge in [0.1, 0.15) is 5.82 Å². The normalized spacial score (nSPS) is 11.2. The van der Waals surface area contributed by atoms with Gasteiger partial charge in [-0.25, -0.2) is 9.37 Å². The molecule has 0 bridgehead atoms. The van der Waals surface area contributed by atoms with Crippen LogP contribution in [-0.4, -0.2) is 40.1 Å². The maximum atomic E-state index is 13.6. The van der Waals surface area contributed by atoms with Crippen molar-refractivity contribution in [3.05, 3.63) is 23.0 Å². The second kappa shape index (κ2) is 6.43. The van der Waals surface area contributed by atoms with Crippen molar-refractivity contribution in [3.8, 4) is 0 Å². The molecular weight excluding hydrogens is 307 g/mol. The maximum Gasteiger partial charge on any atom is 0.313 e. The van der Waals surface area contributed by atoms with Crippen molar-refractivity contribution in [2.45, 2.75) is 11.7 Å². The standard InChI is InChI=1S/C12H12ClFN2O3S/c1-19-3-2-16-10-5-8(14)7(13)4-9(10)15-12(16)20-6-11(17)18/h4-5H,2-3,6H2,1H3,(H,17,18). The number of carboxylic acid groups (broad SMARTS) is 1. The van der Waals surface area contributed by atoms with Crippen LogP contribution in [0.4, 0.5) is 4.39 Å². The highest BCUT2D eigenvalue weighted by molar-refractivity contribution is 7.99. The second-order valence-electron chi connectivity index (χ2n) is 3.98. The minimum Gasteiger partial charge on any atom is -0.481 e. The molecule has 1 heterocycles. The minimum absolute atomic E-state index is 0.0105. The van der Waals surface area contributed by atoms with E-state index in [2.05, 4.69) is 4.98 Å². The van der Waals surface area contributed by atoms with E-state index in [1.807, 2.05) is 0 Å². The first kappa shape index (κ1) is 15.1. The Morgan fingerprint density at radius 3 is 3.00 bits per heavy atom. The van der Waals surface area contributed by atoms with Gasteiger partial charge in [0.05, 0.1) is 28.4 Å². The van der Waals surface area contributed by atoms with Crippen LogP contribution < -0.4 is 0 Å². The molecule has 1 aromatic carbocycles. The summed E-state index contributed by atoms with van der Waals surface area (Å²) in [5.74, 6) is -1.59. The van der Waals surface area contributed by atoms with Gasteiger partial charge in [-0.1, -0.05) is 23.4 Å². The zero-order valence-electron chi connectivity index (χ0n) is 10.6. The third kappa shape index (κ3) is 3.23. The zero-order valence-corrected chi connectivity index (χ0v) is 12.2. The summed E-state index contributed by atoms with van der Waals surface area (Å²) in [6.07, 6.45) is 0. The SMILES string of the molecule is COCCn1c(SCC(=O)O)nc2cc(Cl)c(F)cc21. The van der Waals surface area contributed by atoms with Crippen LogP contribution in [0.1, 0.15) is 0 Å². The van der Waals surface area contributed by atoms with Crippen molar-refractivity contribution in [1.29, 1.82) is 0 Å². The van der Waals surface area contributed by atoms with Gasteiger partial charge in [-0.15, -0.1) is 0 Å². The molecule has 0 aliphatic rings. The number of halogens is 2. The van der Waals surface area contributed by atoms with Crippen LogP contribution in [-0.2, 0) is 16.1 Å². The van der Waals surface area contributed by atoms with Gasteiger partial charge < -0.3 is 14.4 Å². The average Bonchev–Trinajstić information content (AvgIpc) is 2.72. The number of fused-ring (bicyclic) bond motifs is 1. The summed E-state index contributed by atoms with van der Waals surface area (Å²) in [4.78, 5) is 15.0. The molecule has 5 nitrogen and oxygen atoms in total. The molecule has 20 heavy (non-hydrogen) atoms. The molecule has 0 spiro atoms. The monoisotopic (exact) mass is 318 g/mol. The molecule has 1 N–H and O–H groups in total. The molecule has 0 radical (unpaired) electrons. The molecule has 1 aromatic heterocycles. The van der Waals surface area contributed by atoms with E-state index in [1.165, 1.54) is 12.1 Å². The molecule has 0 aliphatic carbocycles. The molecule has 108 valence electrons. The van der Waals surface area contributed by atoms with E-state index >= 15 is 0 Å². The second-order valence-corrected chi connectivity index (χ2v) is 5.33. The number of benzene rings is 1. The first-order valence-electron chi connectivity index (χ1n) is 5.71. The fourth-order valence-corrected chi connectivity index (χ4v) is 2.65. The van der Waals surface area contributed by atoms with E-state index < -0.39 is 11.8 Å². The Labute approximate surface area is 123 Å². The van der Waals surface area contributed by atoms with Crippen LogP contribution in [0.5, 0.6) is 0 Å². The van der Waals surface area contributed by atoms with E-state index in [4.69, 9.17) is 21.4 Å². The van der Waals surface area contributed by atoms with Gasteiger partial charge in [0.25, 0.3) is 0 Å². The van der Waals surface area contributed by atoms with Crippen LogP contribution in [0.15, 0.2) is 17.3 Å². The number of aliphatic carboxylic acids is 1. The molecule has 8 heteroatoms. The van der Waals surface area contributed by atoms with Crippen LogP contribution in [0.3, 0.4) is 0 Å². The van der Waals surface area contributed by atoms with Crippen molar-refractivity contribution >= 4 is 40.4 Å². The number of hydrogen-bond donors (Lipinski definition) is 1. The summed E-state index contributed by atoms with van der Waals surface area (Å²) >= 11 is 6.81. The number of rotatable bonds is 6. The highest BCUT2D eigenvalue weighted by atomic mass is 35.5. The van der Waals surface area contributed by atoms with E-state index in [0.29, 0.717) is 29.3 Å². The topological polar surface area (TPSA) is 64.3 Å². The molecule has 0 unspecified atom stereocenters. The van der Waals surface area contributed by atoms with Crippen molar-refractivity contribution < 1.29 is 19.0 Å². The molecule has 2 rings (SSSR count). The number of carbonyl (C=O) groups is 1. The average molecular weight is 319 g/mol. The molecule has 0 fully saturated rings. The Kier molecular flexibility index (Phi) is 4.85. The number of methoxy groups -OCH3 is 1. The predicted molar refractivity (Wildman–Crippen MR) is 74.9 cm³/mol. The van der Waals surface area contributed by atoms with Crippen molar-refractivity contribution in [2.75, 3.05) is 19.5 Å². The molecule has 0 saturated carbocycles. The first-order valence-corrected chi connectivity index (χ1v) is 7.08. The summed E-state index contributed by atoms with van der Waals surface area (Å²) in [5.41, 5.74) is 1.09. The number of imidazole rings is 1. The Morgan fingerprint density at radius 2 is 2.35 bits per heavy atom. The number of nitrogens with zero attached hydrogens (tertiary/aromatic N) is 2. The van der Waals surface area contributed by atoms with Crippen LogP contribution in [0.25, 0.3) is 11.0 Å². The molecule has 0 aliphatic heterocycles. The lowest BCUT2D eigenvalue weighted by Crippen LogP contribution is -2.07. The zero-order chi connectivity index (χ0) is 14.7. The summed E-state index contributed by atoms with van der Waals surface area (Å²) in [6.45, 7) is 0.867. The van der Waals surface area contributed by atoms with Gasteiger partial charge in [0.15, 0.2) is 5.16 Å². The van der Waals surface area contributed by atoms with Crippen LogP contribution >= 0.6 is 23.4 Å². The quantitative estimate of drug-likeness (QED) is 0.830. The van der Waals surface area contributed by atoms with Gasteiger partial charge in [-0.3, -0.25) is 4.79 Å². The Balaban J connectivity index is 2.45. The maximum absolute atomic E-state index is 13.6. The highest BCUT2D eigenvalue weighted by Crippen LogP contribution is 2.28. The summed E-state index contributed by atoms with van der Waals surface area (Å²) in [7, 11) is 1.56. The Morgan fingerprint density at radius 1 is 1.60 bits per heavy atom. The summed E-state index contributed by atoms with van der Waals surface area (Å²) in [5, 5.41) is 9.23. The summed E-state index contributed by atoms with van der Waals surface area (Å²) < 4.78 is 20.3. The molecule has 0 amide bonds. The first-order chi connectivity index (χ1) is 9.52. The van der Waals surface area contributed by atoms with Crippen LogP contribution in [0.2, 0.25) is 5.02 Å². The molecule has 2 aromatic rings. The van der Waals surface area contributed by atoms with E-state index in [1.54, 1.807) is 11.7 Å².